The lowest BCUT2D eigenvalue weighted by molar-refractivity contribution is 0.485. The number of thioether (sulfide) groups is 1. The largest absolute Gasteiger partial charge is 0.154 e. The molecule has 2 nitrogen and oxygen atoms in total. The van der Waals surface area contributed by atoms with E-state index < -0.39 is 0 Å². The van der Waals surface area contributed by atoms with E-state index in [1.807, 2.05) is 17.8 Å². The maximum absolute atomic E-state index is 10.5. The molecule has 1 aliphatic carbocycles. The van der Waals surface area contributed by atoms with Crippen LogP contribution in [0.25, 0.3) is 0 Å². The Labute approximate surface area is 76.1 Å². The summed E-state index contributed by atoms with van der Waals surface area (Å²) >= 11 is 1.93. The van der Waals surface area contributed by atoms with Gasteiger partial charge in [-0.2, -0.15) is 16.7 Å². The van der Waals surface area contributed by atoms with Crippen molar-refractivity contribution in [3.05, 3.63) is 29.2 Å². The minimum Gasteiger partial charge on any atom is -0.154 e. The molecule has 0 N–H and O–H groups in total. The first-order valence-electron chi connectivity index (χ1n) is 4.21. The van der Waals surface area contributed by atoms with Gasteiger partial charge in [-0.25, -0.2) is 0 Å². The molecule has 2 aliphatic rings. The first kappa shape index (κ1) is 8.05. The zero-order valence-corrected chi connectivity index (χ0v) is 7.54. The van der Waals surface area contributed by atoms with Crippen LogP contribution in [0.5, 0.6) is 0 Å². The van der Waals surface area contributed by atoms with Gasteiger partial charge in [0.25, 0.3) is 0 Å². The third kappa shape index (κ3) is 1.33. The van der Waals surface area contributed by atoms with Crippen LogP contribution < -0.4 is 0 Å². The normalized spacial score (nSPS) is 39.2. The van der Waals surface area contributed by atoms with Crippen LogP contribution in [0.3, 0.4) is 0 Å². The number of hydrogen-bond acceptors (Lipinski definition) is 3. The second kappa shape index (κ2) is 3.44. The van der Waals surface area contributed by atoms with Crippen molar-refractivity contribution in [1.82, 2.24) is 0 Å². The van der Waals surface area contributed by atoms with E-state index in [4.69, 9.17) is 0 Å². The van der Waals surface area contributed by atoms with Crippen LogP contribution in [0.15, 0.2) is 29.5 Å². The highest BCUT2D eigenvalue weighted by atomic mass is 32.2. The van der Waals surface area contributed by atoms with Gasteiger partial charge in [0.05, 0.1) is 0 Å². The number of nitrogens with zero attached hydrogens (tertiary/aromatic N) is 1. The van der Waals surface area contributed by atoms with Gasteiger partial charge in [0.1, 0.15) is 6.04 Å². The fourth-order valence-corrected chi connectivity index (χ4v) is 3.10. The Hall–Kier alpha value is -0.570. The predicted octanol–water partition coefficient (Wildman–Crippen LogP) is 2.37. The third-order valence-corrected chi connectivity index (χ3v) is 3.76. The maximum Gasteiger partial charge on any atom is 0.100 e. The van der Waals surface area contributed by atoms with Crippen LogP contribution in [-0.2, 0) is 0 Å². The molecule has 0 aromatic rings. The van der Waals surface area contributed by atoms with Crippen LogP contribution in [0.1, 0.15) is 6.42 Å². The molecule has 0 amide bonds. The fourth-order valence-electron chi connectivity index (χ4n) is 1.76. The summed E-state index contributed by atoms with van der Waals surface area (Å²) < 4.78 is 0. The Morgan fingerprint density at radius 1 is 1.33 bits per heavy atom. The second-order valence-corrected chi connectivity index (χ2v) is 4.43. The number of rotatable bonds is 1. The summed E-state index contributed by atoms with van der Waals surface area (Å²) in [6.07, 6.45) is 9.30. The summed E-state index contributed by atoms with van der Waals surface area (Å²) in [5, 5.41) is 3.68. The van der Waals surface area contributed by atoms with Gasteiger partial charge in [0.15, 0.2) is 0 Å². The fraction of sp³-hybridized carbons (Fsp3) is 0.556. The molecule has 1 saturated heterocycles. The quantitative estimate of drug-likeness (QED) is 0.581. The number of hydrogen-bond donors (Lipinski definition) is 0. The van der Waals surface area contributed by atoms with E-state index >= 15 is 0 Å². The summed E-state index contributed by atoms with van der Waals surface area (Å²) in [5.41, 5.74) is 0. The van der Waals surface area contributed by atoms with E-state index in [1.165, 1.54) is 0 Å². The van der Waals surface area contributed by atoms with Crippen molar-refractivity contribution >= 4 is 11.8 Å². The molecule has 1 aliphatic heterocycles. The Morgan fingerprint density at radius 3 is 3.00 bits per heavy atom. The first-order valence-corrected chi connectivity index (χ1v) is 5.26. The van der Waals surface area contributed by atoms with Crippen molar-refractivity contribution in [2.75, 3.05) is 5.75 Å². The third-order valence-electron chi connectivity index (χ3n) is 2.43. The minimum absolute atomic E-state index is 0.0115. The SMILES string of the molecule is O=NC1CCSC2C=CC=CC12. The maximum atomic E-state index is 10.5. The van der Waals surface area contributed by atoms with E-state index in [-0.39, 0.29) is 6.04 Å². The number of fused-ring (bicyclic) bond motifs is 1. The molecular weight excluding hydrogens is 170 g/mol. The van der Waals surface area contributed by atoms with Crippen molar-refractivity contribution in [2.24, 2.45) is 11.1 Å². The van der Waals surface area contributed by atoms with E-state index in [2.05, 4.69) is 23.4 Å². The molecule has 3 unspecified atom stereocenters. The zero-order chi connectivity index (χ0) is 8.39. The lowest BCUT2D eigenvalue weighted by Gasteiger charge is -2.31. The van der Waals surface area contributed by atoms with Gasteiger partial charge in [-0.1, -0.05) is 29.5 Å². The molecule has 12 heavy (non-hydrogen) atoms. The molecule has 0 spiro atoms. The van der Waals surface area contributed by atoms with Gasteiger partial charge in [-0.3, -0.25) is 0 Å². The Bertz CT molecular complexity index is 231. The average molecular weight is 181 g/mol. The number of nitroso groups, excluding NO2 is 1. The molecule has 1 fully saturated rings. The van der Waals surface area contributed by atoms with Crippen LogP contribution in [0.4, 0.5) is 0 Å². The van der Waals surface area contributed by atoms with Crippen molar-refractivity contribution < 1.29 is 0 Å². The van der Waals surface area contributed by atoms with E-state index in [9.17, 15) is 4.91 Å². The van der Waals surface area contributed by atoms with Crippen molar-refractivity contribution in [1.29, 1.82) is 0 Å². The van der Waals surface area contributed by atoms with Gasteiger partial charge in [-0.05, 0) is 12.2 Å². The summed E-state index contributed by atoms with van der Waals surface area (Å²) in [4.78, 5) is 10.5. The Morgan fingerprint density at radius 2 is 2.17 bits per heavy atom. The molecule has 3 heteroatoms. The van der Waals surface area contributed by atoms with Gasteiger partial charge in [0, 0.05) is 11.2 Å². The van der Waals surface area contributed by atoms with Crippen molar-refractivity contribution in [3.8, 4) is 0 Å². The first-order chi connectivity index (χ1) is 5.92. The Kier molecular flexibility index (Phi) is 2.30. The predicted molar refractivity (Wildman–Crippen MR) is 52.2 cm³/mol. The number of allylic oxidation sites excluding steroid dienone is 2. The highest BCUT2D eigenvalue weighted by molar-refractivity contribution is 8.00. The van der Waals surface area contributed by atoms with Crippen molar-refractivity contribution in [2.45, 2.75) is 17.7 Å². The highest BCUT2D eigenvalue weighted by Gasteiger charge is 2.32. The lowest BCUT2D eigenvalue weighted by atomic mass is 9.91. The van der Waals surface area contributed by atoms with Gasteiger partial charge < -0.3 is 0 Å². The lowest BCUT2D eigenvalue weighted by Crippen LogP contribution is -2.31. The smallest absolute Gasteiger partial charge is 0.100 e. The molecule has 0 saturated carbocycles. The zero-order valence-electron chi connectivity index (χ0n) is 6.72. The molecular formula is C9H11NOS. The van der Waals surface area contributed by atoms with E-state index in [0.29, 0.717) is 11.2 Å². The van der Waals surface area contributed by atoms with Gasteiger partial charge in [-0.15, -0.1) is 0 Å². The molecule has 0 aromatic carbocycles. The highest BCUT2D eigenvalue weighted by Crippen LogP contribution is 2.35. The molecule has 1 heterocycles. The standard InChI is InChI=1S/C9H11NOS/c11-10-8-5-6-12-9-4-2-1-3-7(8)9/h1-4,7-9H,5-6H2. The van der Waals surface area contributed by atoms with Crippen molar-refractivity contribution in [3.63, 3.8) is 0 Å². The van der Waals surface area contributed by atoms with E-state index in [0.717, 1.165) is 12.2 Å². The molecule has 0 radical (unpaired) electrons. The molecule has 3 atom stereocenters. The molecule has 0 bridgehead atoms. The summed E-state index contributed by atoms with van der Waals surface area (Å²) in [7, 11) is 0. The summed E-state index contributed by atoms with van der Waals surface area (Å²) in [5.74, 6) is 1.42. The average Bonchev–Trinajstić information content (AvgIpc) is 2.17. The van der Waals surface area contributed by atoms with Crippen LogP contribution >= 0.6 is 11.8 Å². The summed E-state index contributed by atoms with van der Waals surface area (Å²) in [6.45, 7) is 0. The van der Waals surface area contributed by atoms with Crippen LogP contribution in [-0.4, -0.2) is 17.0 Å². The molecule has 0 aromatic heterocycles. The minimum atomic E-state index is 0.0115. The van der Waals surface area contributed by atoms with Gasteiger partial charge in [0.2, 0.25) is 0 Å². The topological polar surface area (TPSA) is 29.4 Å². The molecule has 2 rings (SSSR count). The van der Waals surface area contributed by atoms with Crippen LogP contribution in [0, 0.1) is 10.8 Å². The summed E-state index contributed by atoms with van der Waals surface area (Å²) in [6, 6.07) is 0.0115. The van der Waals surface area contributed by atoms with Gasteiger partial charge >= 0.3 is 0 Å². The Balaban J connectivity index is 2.16. The second-order valence-electron chi connectivity index (χ2n) is 3.14. The monoisotopic (exact) mass is 181 g/mol. The van der Waals surface area contributed by atoms with E-state index in [1.54, 1.807) is 0 Å². The van der Waals surface area contributed by atoms with Crippen LogP contribution in [0.2, 0.25) is 0 Å². The molecule has 64 valence electrons.